The summed E-state index contributed by atoms with van der Waals surface area (Å²) in [6, 6.07) is 32.0. The highest BCUT2D eigenvalue weighted by Crippen LogP contribution is 2.42. The van der Waals surface area contributed by atoms with Crippen LogP contribution in [0.1, 0.15) is 39.4 Å². The van der Waals surface area contributed by atoms with Crippen molar-refractivity contribution < 1.29 is 14.6 Å². The zero-order valence-corrected chi connectivity index (χ0v) is 22.5. The molecule has 0 spiro atoms. The van der Waals surface area contributed by atoms with Crippen molar-refractivity contribution in [3.8, 4) is 17.2 Å². The summed E-state index contributed by atoms with van der Waals surface area (Å²) in [4.78, 5) is 18.4. The first-order valence-electron chi connectivity index (χ1n) is 12.8. The molecule has 1 saturated heterocycles. The largest absolute Gasteiger partial charge is 0.478 e. The molecular weight excluding hydrogens is 520 g/mol. The third-order valence-corrected chi connectivity index (χ3v) is 7.24. The summed E-state index contributed by atoms with van der Waals surface area (Å²) >= 11 is 5.88. The van der Waals surface area contributed by atoms with Crippen molar-refractivity contribution in [1.82, 2.24) is 14.9 Å². The Balaban J connectivity index is 1.40. The minimum absolute atomic E-state index is 0.222. The van der Waals surface area contributed by atoms with Crippen molar-refractivity contribution in [1.29, 1.82) is 0 Å². The second kappa shape index (κ2) is 10.7. The van der Waals surface area contributed by atoms with Crippen LogP contribution in [0.3, 0.4) is 0 Å². The van der Waals surface area contributed by atoms with Crippen LogP contribution in [0.4, 0.5) is 5.69 Å². The van der Waals surface area contributed by atoms with E-state index in [1.54, 1.807) is 24.4 Å². The van der Waals surface area contributed by atoms with Crippen LogP contribution < -0.4 is 15.0 Å². The van der Waals surface area contributed by atoms with E-state index in [0.717, 1.165) is 34.3 Å². The number of aromatic nitrogens is 2. The molecule has 7 nitrogen and oxygen atoms in total. The third-order valence-electron chi connectivity index (χ3n) is 6.92. The van der Waals surface area contributed by atoms with Gasteiger partial charge in [0.2, 0.25) is 0 Å². The second-order valence-electron chi connectivity index (χ2n) is 9.56. The molecule has 0 saturated carbocycles. The minimum Gasteiger partial charge on any atom is -0.478 e. The molecule has 0 unspecified atom stereocenters. The van der Waals surface area contributed by atoms with Crippen LogP contribution >= 0.6 is 12.2 Å². The number of thiocarbonyl (C=S) groups is 1. The number of aryl methyl sites for hydroxylation is 1. The number of ether oxygens (including phenoxy) is 1. The van der Waals surface area contributed by atoms with E-state index in [2.05, 4.69) is 15.2 Å². The van der Waals surface area contributed by atoms with Crippen molar-refractivity contribution in [3.05, 3.63) is 138 Å². The van der Waals surface area contributed by atoms with Crippen LogP contribution in [0.25, 0.3) is 5.69 Å². The molecule has 0 aliphatic carbocycles. The maximum atomic E-state index is 11.7. The second-order valence-corrected chi connectivity index (χ2v) is 9.95. The van der Waals surface area contributed by atoms with Crippen LogP contribution in [0.5, 0.6) is 11.5 Å². The zero-order valence-electron chi connectivity index (χ0n) is 21.6. The van der Waals surface area contributed by atoms with Crippen LogP contribution in [0.15, 0.2) is 116 Å². The average Bonchev–Trinajstić information content (AvgIpc) is 3.60. The van der Waals surface area contributed by atoms with E-state index in [0.29, 0.717) is 5.11 Å². The molecule has 2 N–H and O–H groups in total. The number of carboxylic acids is 1. The summed E-state index contributed by atoms with van der Waals surface area (Å²) in [5.41, 5.74) is 4.82. The van der Waals surface area contributed by atoms with E-state index in [1.165, 1.54) is 5.56 Å². The topological polar surface area (TPSA) is 79.6 Å². The number of rotatable bonds is 7. The molecular formula is C32H26N4O3S. The SMILES string of the molecule is Cc1ccc(Oc2ccc(N3C(=S)N[C@@H](c4ccccn4)[C@H]3c3cccn3-c3cccc(C(=O)O)c3)cc2)cc1. The number of carboxylic acid groups (broad SMARTS) is 1. The fourth-order valence-corrected chi connectivity index (χ4v) is 5.36. The Morgan fingerprint density at radius 3 is 2.35 bits per heavy atom. The van der Waals surface area contributed by atoms with E-state index in [1.807, 2.05) is 103 Å². The van der Waals surface area contributed by atoms with E-state index >= 15 is 0 Å². The van der Waals surface area contributed by atoms with Gasteiger partial charge >= 0.3 is 5.97 Å². The van der Waals surface area contributed by atoms with Gasteiger partial charge in [-0.1, -0.05) is 29.8 Å². The molecule has 0 amide bonds. The quantitative estimate of drug-likeness (QED) is 0.216. The Morgan fingerprint density at radius 1 is 0.900 bits per heavy atom. The molecule has 3 aromatic carbocycles. The van der Waals surface area contributed by atoms with Gasteiger partial charge in [-0.05, 0) is 98.0 Å². The van der Waals surface area contributed by atoms with Crippen molar-refractivity contribution in [2.24, 2.45) is 0 Å². The molecule has 6 rings (SSSR count). The third kappa shape index (κ3) is 4.92. The summed E-state index contributed by atoms with van der Waals surface area (Å²) < 4.78 is 8.05. The summed E-state index contributed by atoms with van der Waals surface area (Å²) in [5.74, 6) is 0.517. The smallest absolute Gasteiger partial charge is 0.335 e. The van der Waals surface area contributed by atoms with Crippen molar-refractivity contribution >= 4 is 29.0 Å². The number of nitrogens with one attached hydrogen (secondary N) is 1. The highest BCUT2D eigenvalue weighted by molar-refractivity contribution is 7.80. The van der Waals surface area contributed by atoms with Crippen LogP contribution in [0, 0.1) is 6.92 Å². The molecule has 0 radical (unpaired) electrons. The molecule has 40 heavy (non-hydrogen) atoms. The maximum Gasteiger partial charge on any atom is 0.335 e. The first kappa shape index (κ1) is 25.3. The lowest BCUT2D eigenvalue weighted by Crippen LogP contribution is -2.30. The number of carbonyl (C=O) groups is 1. The van der Waals surface area contributed by atoms with Crippen LogP contribution in [0.2, 0.25) is 0 Å². The first-order chi connectivity index (χ1) is 19.5. The Hall–Kier alpha value is -4.95. The predicted molar refractivity (Wildman–Crippen MR) is 158 cm³/mol. The molecule has 0 bridgehead atoms. The lowest BCUT2D eigenvalue weighted by molar-refractivity contribution is 0.0697. The summed E-state index contributed by atoms with van der Waals surface area (Å²) in [6.07, 6.45) is 3.70. The lowest BCUT2D eigenvalue weighted by Gasteiger charge is -2.29. The average molecular weight is 547 g/mol. The minimum atomic E-state index is -0.972. The number of benzene rings is 3. The van der Waals surface area contributed by atoms with Crippen molar-refractivity contribution in [2.45, 2.75) is 19.0 Å². The first-order valence-corrected chi connectivity index (χ1v) is 13.2. The van der Waals surface area contributed by atoms with Crippen LogP contribution in [-0.2, 0) is 0 Å². The molecule has 1 fully saturated rings. The molecule has 1 aliphatic rings. The highest BCUT2D eigenvalue weighted by atomic mass is 32.1. The normalized spacial score (nSPS) is 16.5. The van der Waals surface area contributed by atoms with Gasteiger partial charge in [0, 0.05) is 29.5 Å². The van der Waals surface area contributed by atoms with Gasteiger partial charge in [-0.15, -0.1) is 0 Å². The standard InChI is InChI=1S/C32H26N4O3S/c1-21-10-14-25(15-11-21)39-26-16-12-23(13-17-26)36-30(29(34-32(36)40)27-8-2-3-18-33-27)28-9-5-19-35(28)24-7-4-6-22(20-24)31(37)38/h2-20,29-30H,1H3,(H,34,40)(H,37,38)/t29-,30+/m0/s1. The van der Waals surface area contributed by atoms with E-state index in [4.69, 9.17) is 17.0 Å². The Labute approximate surface area is 237 Å². The van der Waals surface area contributed by atoms with Gasteiger partial charge in [0.25, 0.3) is 0 Å². The fourth-order valence-electron chi connectivity index (χ4n) is 5.01. The Bertz CT molecular complexity index is 1670. The number of anilines is 1. The molecule has 3 heterocycles. The van der Waals surface area contributed by atoms with Gasteiger partial charge in [0.05, 0.1) is 17.3 Å². The zero-order chi connectivity index (χ0) is 27.6. The predicted octanol–water partition coefficient (Wildman–Crippen LogP) is 6.85. The lowest BCUT2D eigenvalue weighted by atomic mass is 10.0. The van der Waals surface area contributed by atoms with Gasteiger partial charge in [-0.3, -0.25) is 4.98 Å². The summed E-state index contributed by atoms with van der Waals surface area (Å²) in [7, 11) is 0. The molecule has 8 heteroatoms. The summed E-state index contributed by atoms with van der Waals surface area (Å²) in [5, 5.41) is 13.6. The molecule has 2 atom stereocenters. The number of hydrogen-bond acceptors (Lipinski definition) is 4. The summed E-state index contributed by atoms with van der Waals surface area (Å²) in [6.45, 7) is 2.04. The number of aromatic carboxylic acids is 1. The Morgan fingerprint density at radius 2 is 1.65 bits per heavy atom. The molecule has 198 valence electrons. The van der Waals surface area contributed by atoms with E-state index < -0.39 is 5.97 Å². The van der Waals surface area contributed by atoms with Crippen molar-refractivity contribution in [2.75, 3.05) is 4.90 Å². The molecule has 5 aromatic rings. The van der Waals surface area contributed by atoms with Gasteiger partial charge in [0.15, 0.2) is 5.11 Å². The molecule has 2 aromatic heterocycles. The fraction of sp³-hybridized carbons (Fsp3) is 0.0938. The van der Waals surface area contributed by atoms with Gasteiger partial charge in [0.1, 0.15) is 17.5 Å². The van der Waals surface area contributed by atoms with Gasteiger partial charge in [-0.25, -0.2) is 4.79 Å². The number of nitrogens with zero attached hydrogens (tertiary/aromatic N) is 3. The van der Waals surface area contributed by atoms with E-state index in [-0.39, 0.29) is 17.6 Å². The number of hydrogen-bond donors (Lipinski definition) is 2. The van der Waals surface area contributed by atoms with Crippen molar-refractivity contribution in [3.63, 3.8) is 0 Å². The molecule has 1 aliphatic heterocycles. The maximum absolute atomic E-state index is 11.7. The van der Waals surface area contributed by atoms with Gasteiger partial charge in [-0.2, -0.15) is 0 Å². The highest BCUT2D eigenvalue weighted by Gasteiger charge is 2.42. The van der Waals surface area contributed by atoms with E-state index in [9.17, 15) is 9.90 Å². The Kier molecular flexibility index (Phi) is 6.76. The monoisotopic (exact) mass is 546 g/mol. The van der Waals surface area contributed by atoms with Crippen LogP contribution in [-0.4, -0.2) is 25.7 Å². The number of pyridine rings is 1. The van der Waals surface area contributed by atoms with Gasteiger partial charge < -0.3 is 24.6 Å².